The lowest BCUT2D eigenvalue weighted by molar-refractivity contribution is -0.124. The van der Waals surface area contributed by atoms with E-state index in [0.717, 1.165) is 37.0 Å². The van der Waals surface area contributed by atoms with E-state index in [1.165, 1.54) is 0 Å². The van der Waals surface area contributed by atoms with E-state index in [4.69, 9.17) is 4.74 Å². The van der Waals surface area contributed by atoms with Gasteiger partial charge in [-0.1, -0.05) is 6.92 Å². The molecule has 1 aliphatic heterocycles. The topological polar surface area (TPSA) is 125 Å². The lowest BCUT2D eigenvalue weighted by atomic mass is 9.81. The van der Waals surface area contributed by atoms with E-state index >= 15 is 0 Å². The molecule has 2 heterocycles. The highest BCUT2D eigenvalue weighted by Gasteiger charge is 2.37. The average Bonchev–Trinajstić information content (AvgIpc) is 3.44. The molecular formula is C24H33N3O6S. The van der Waals surface area contributed by atoms with Gasteiger partial charge in [0.05, 0.1) is 18.7 Å². The number of amides is 3. The van der Waals surface area contributed by atoms with Crippen LogP contribution in [-0.2, 0) is 14.3 Å². The van der Waals surface area contributed by atoms with Gasteiger partial charge >= 0.3 is 12.1 Å². The van der Waals surface area contributed by atoms with Crippen molar-refractivity contribution in [1.82, 2.24) is 10.6 Å². The van der Waals surface area contributed by atoms with Crippen molar-refractivity contribution < 1.29 is 29.0 Å². The van der Waals surface area contributed by atoms with Crippen molar-refractivity contribution in [3.05, 3.63) is 16.3 Å². The molecule has 0 bridgehead atoms. The number of carbonyl (C=O) groups excluding carboxylic acids is 3. The predicted molar refractivity (Wildman–Crippen MR) is 127 cm³/mol. The van der Waals surface area contributed by atoms with E-state index < -0.39 is 18.2 Å². The second kappa shape index (κ2) is 10.8. The van der Waals surface area contributed by atoms with Crippen molar-refractivity contribution >= 4 is 40.9 Å². The Bertz CT molecular complexity index is 918. The summed E-state index contributed by atoms with van der Waals surface area (Å²) in [4.78, 5) is 51.0. The second-order valence-electron chi connectivity index (χ2n) is 9.79. The number of carbonyl (C=O) groups is 4. The first-order valence-corrected chi connectivity index (χ1v) is 13.1. The van der Waals surface area contributed by atoms with Gasteiger partial charge in [0.15, 0.2) is 0 Å². The maximum absolute atomic E-state index is 13.7. The first kappa shape index (κ1) is 24.5. The van der Waals surface area contributed by atoms with Crippen molar-refractivity contribution in [2.45, 2.75) is 82.9 Å². The molecule has 0 unspecified atom stereocenters. The van der Waals surface area contributed by atoms with Crippen LogP contribution in [0.25, 0.3) is 0 Å². The van der Waals surface area contributed by atoms with Gasteiger partial charge in [0.1, 0.15) is 11.0 Å². The number of carboxylic acids is 1. The zero-order chi connectivity index (χ0) is 24.2. The minimum Gasteiger partial charge on any atom is -0.477 e. The normalized spacial score (nSPS) is 29.2. The number of hydrogen-bond acceptors (Lipinski definition) is 6. The first-order valence-electron chi connectivity index (χ1n) is 12.2. The van der Waals surface area contributed by atoms with Crippen molar-refractivity contribution in [2.75, 3.05) is 11.4 Å². The van der Waals surface area contributed by atoms with E-state index in [0.29, 0.717) is 43.8 Å². The third-order valence-corrected chi connectivity index (χ3v) is 8.19. The molecule has 10 heteroatoms. The summed E-state index contributed by atoms with van der Waals surface area (Å²) in [7, 11) is 0. The number of ether oxygens (including phenoxy) is 1. The van der Waals surface area contributed by atoms with E-state index in [9.17, 15) is 24.3 Å². The van der Waals surface area contributed by atoms with E-state index in [2.05, 4.69) is 17.6 Å². The predicted octanol–water partition coefficient (Wildman–Crippen LogP) is 3.53. The molecular weight excluding hydrogens is 458 g/mol. The Labute approximate surface area is 203 Å². The van der Waals surface area contributed by atoms with Crippen LogP contribution < -0.4 is 15.5 Å². The summed E-state index contributed by atoms with van der Waals surface area (Å²) in [5.41, 5.74) is 0.496. The van der Waals surface area contributed by atoms with Gasteiger partial charge in [-0.25, -0.2) is 9.59 Å². The molecule has 0 aromatic carbocycles. The third kappa shape index (κ3) is 5.71. The molecule has 1 aromatic heterocycles. The van der Waals surface area contributed by atoms with Crippen LogP contribution >= 0.6 is 11.3 Å². The number of rotatable bonds is 6. The number of alkyl carbamates (subject to hydrolysis) is 1. The molecule has 0 radical (unpaired) electrons. The quantitative estimate of drug-likeness (QED) is 0.559. The molecule has 1 atom stereocenters. The zero-order valence-electron chi connectivity index (χ0n) is 19.5. The fourth-order valence-corrected chi connectivity index (χ4v) is 6.06. The fourth-order valence-electron chi connectivity index (χ4n) is 5.34. The standard InChI is InChI=1S/C24H33N3O6S/c1-14-2-4-15(5-3-14)22(29)27(19-10-11-34-21(19)23(30)31)17-8-6-16(7-9-17)26-24(32)33-18-12-20(28)25-13-18/h10-11,14-18H,2-9,12-13H2,1H3,(H,25,28)(H,26,32)(H,30,31)/t14-,15-,16?,17?,18-/m1/s1. The Morgan fingerprint density at radius 1 is 1.12 bits per heavy atom. The van der Waals surface area contributed by atoms with E-state index in [1.807, 2.05) is 0 Å². The third-order valence-electron chi connectivity index (χ3n) is 7.30. The van der Waals surface area contributed by atoms with Gasteiger partial charge in [-0.2, -0.15) is 0 Å². The zero-order valence-corrected chi connectivity index (χ0v) is 20.3. The number of thiophene rings is 1. The summed E-state index contributed by atoms with van der Waals surface area (Å²) >= 11 is 1.14. The second-order valence-corrected chi connectivity index (χ2v) is 10.7. The molecule has 2 aliphatic carbocycles. The molecule has 4 rings (SSSR count). The lowest BCUT2D eigenvalue weighted by Crippen LogP contribution is -2.49. The van der Waals surface area contributed by atoms with E-state index in [1.54, 1.807) is 16.3 Å². The number of hydrogen-bond donors (Lipinski definition) is 3. The number of nitrogens with one attached hydrogen (secondary N) is 2. The summed E-state index contributed by atoms with van der Waals surface area (Å²) in [6, 6.07) is 1.56. The number of carboxylic acid groups (broad SMARTS) is 1. The number of aromatic carboxylic acids is 1. The molecule has 1 saturated heterocycles. The Balaban J connectivity index is 1.40. The highest BCUT2D eigenvalue weighted by atomic mass is 32.1. The van der Waals surface area contributed by atoms with Gasteiger partial charge in [0.25, 0.3) is 0 Å². The van der Waals surface area contributed by atoms with Crippen LogP contribution in [0.2, 0.25) is 0 Å². The Hall–Kier alpha value is -2.62. The molecule has 3 fully saturated rings. The maximum atomic E-state index is 13.7. The Kier molecular flexibility index (Phi) is 7.75. The minimum atomic E-state index is -1.02. The summed E-state index contributed by atoms with van der Waals surface area (Å²) in [5, 5.41) is 16.9. The molecule has 3 N–H and O–H groups in total. The summed E-state index contributed by atoms with van der Waals surface area (Å²) in [5.74, 6) is -0.566. The van der Waals surface area contributed by atoms with Crippen molar-refractivity contribution in [3.8, 4) is 0 Å². The Morgan fingerprint density at radius 3 is 2.44 bits per heavy atom. The molecule has 34 heavy (non-hydrogen) atoms. The minimum absolute atomic E-state index is 0.0296. The first-order chi connectivity index (χ1) is 16.3. The van der Waals surface area contributed by atoms with Crippen molar-refractivity contribution in [2.24, 2.45) is 11.8 Å². The van der Waals surface area contributed by atoms with Gasteiger partial charge < -0.3 is 25.4 Å². The largest absolute Gasteiger partial charge is 0.477 e. The highest BCUT2D eigenvalue weighted by Crippen LogP contribution is 2.37. The van der Waals surface area contributed by atoms with Crippen molar-refractivity contribution in [1.29, 1.82) is 0 Å². The average molecular weight is 492 g/mol. The molecule has 2 saturated carbocycles. The molecule has 3 aliphatic rings. The fraction of sp³-hybridized carbons (Fsp3) is 0.667. The number of nitrogens with zero attached hydrogens (tertiary/aromatic N) is 1. The maximum Gasteiger partial charge on any atom is 0.407 e. The SMILES string of the molecule is C[C@H]1CC[C@H](C(=O)N(c2ccsc2C(=O)O)C2CCC(NC(=O)O[C@H]3CNC(=O)C3)CC2)CC1. The summed E-state index contributed by atoms with van der Waals surface area (Å²) in [6.45, 7) is 2.54. The number of anilines is 1. The smallest absolute Gasteiger partial charge is 0.407 e. The van der Waals surface area contributed by atoms with Crippen LogP contribution in [0.5, 0.6) is 0 Å². The molecule has 3 amide bonds. The molecule has 1 aromatic rings. The van der Waals surface area contributed by atoms with Crippen LogP contribution in [-0.4, -0.2) is 53.7 Å². The van der Waals surface area contributed by atoms with Crippen LogP contribution in [0.15, 0.2) is 11.4 Å². The van der Waals surface area contributed by atoms with Gasteiger partial charge in [0.2, 0.25) is 11.8 Å². The van der Waals surface area contributed by atoms with E-state index in [-0.39, 0.29) is 41.1 Å². The van der Waals surface area contributed by atoms with Gasteiger partial charge in [-0.05, 0) is 68.7 Å². The van der Waals surface area contributed by atoms with Crippen LogP contribution in [0.3, 0.4) is 0 Å². The molecule has 0 spiro atoms. The summed E-state index contributed by atoms with van der Waals surface area (Å²) < 4.78 is 5.32. The summed E-state index contributed by atoms with van der Waals surface area (Å²) in [6.07, 6.45) is 5.58. The van der Waals surface area contributed by atoms with Crippen LogP contribution in [0, 0.1) is 11.8 Å². The van der Waals surface area contributed by atoms with Gasteiger partial charge in [-0.3, -0.25) is 9.59 Å². The van der Waals surface area contributed by atoms with Crippen LogP contribution in [0.4, 0.5) is 10.5 Å². The van der Waals surface area contributed by atoms with Gasteiger partial charge in [0, 0.05) is 18.0 Å². The highest BCUT2D eigenvalue weighted by molar-refractivity contribution is 7.12. The molecule has 186 valence electrons. The Morgan fingerprint density at radius 2 is 1.82 bits per heavy atom. The van der Waals surface area contributed by atoms with Crippen molar-refractivity contribution in [3.63, 3.8) is 0 Å². The molecule has 9 nitrogen and oxygen atoms in total. The lowest BCUT2D eigenvalue weighted by Gasteiger charge is -2.39. The van der Waals surface area contributed by atoms with Gasteiger partial charge in [-0.15, -0.1) is 11.3 Å². The van der Waals surface area contributed by atoms with Crippen LogP contribution in [0.1, 0.15) is 74.4 Å². The monoisotopic (exact) mass is 491 g/mol.